The molecule has 1 aliphatic heterocycles. The van der Waals surface area contributed by atoms with Crippen LogP contribution in [0, 0.1) is 0 Å². The van der Waals surface area contributed by atoms with Gasteiger partial charge in [0.2, 0.25) is 5.79 Å². The van der Waals surface area contributed by atoms with Gasteiger partial charge in [0.1, 0.15) is 35.4 Å². The molecule has 1 fully saturated rings. The van der Waals surface area contributed by atoms with Crippen molar-refractivity contribution in [1.82, 2.24) is 19.6 Å². The summed E-state index contributed by atoms with van der Waals surface area (Å²) in [6, 6.07) is 29.6. The molecule has 1 N–H and O–H groups in total. The monoisotopic (exact) mass is 584 g/mol. The number of nitrogens with zero attached hydrogens (tertiary/aromatic N) is 4. The molecule has 10 heteroatoms. The quantitative estimate of drug-likeness (QED) is 0.208. The molecule has 0 amide bonds. The number of ether oxygens (including phenoxy) is 4. The average molecular weight is 585 g/mol. The van der Waals surface area contributed by atoms with Crippen LogP contribution in [0.5, 0.6) is 0 Å². The Hall–Kier alpha value is -3.64. The second kappa shape index (κ2) is 13.1. The Balaban J connectivity index is 1.34. The van der Waals surface area contributed by atoms with Crippen LogP contribution in [0.2, 0.25) is 0 Å². The van der Waals surface area contributed by atoms with E-state index in [9.17, 15) is 5.11 Å². The van der Waals surface area contributed by atoms with Crippen LogP contribution < -0.4 is 0 Å². The van der Waals surface area contributed by atoms with E-state index in [1.165, 1.54) is 18.1 Å². The van der Waals surface area contributed by atoms with E-state index in [2.05, 4.69) is 15.1 Å². The highest BCUT2D eigenvalue weighted by molar-refractivity contribution is 7.98. The molecule has 4 atom stereocenters. The van der Waals surface area contributed by atoms with Gasteiger partial charge >= 0.3 is 0 Å². The van der Waals surface area contributed by atoms with Crippen molar-refractivity contribution in [2.24, 2.45) is 0 Å². The summed E-state index contributed by atoms with van der Waals surface area (Å²) in [4.78, 5) is 8.84. The molecule has 0 saturated carbocycles. The zero-order chi connectivity index (χ0) is 28.8. The first-order valence-electron chi connectivity index (χ1n) is 13.7. The molecule has 5 aromatic rings. The fraction of sp³-hybridized carbons (Fsp3) is 0.281. The maximum absolute atomic E-state index is 12.4. The van der Waals surface area contributed by atoms with Crippen LogP contribution in [0.4, 0.5) is 0 Å². The normalized spacial score (nSPS) is 22.1. The largest absolute Gasteiger partial charge is 0.374 e. The molecular formula is C32H32N4O5S. The van der Waals surface area contributed by atoms with E-state index in [1.54, 1.807) is 10.7 Å². The lowest BCUT2D eigenvalue weighted by molar-refractivity contribution is -0.256. The second-order valence-electron chi connectivity index (χ2n) is 9.98. The Labute approximate surface area is 248 Å². The standard InChI is InChI=1S/C32H32N4O5S/c1-42-31-30-33-17-27(36(30)35-22-34-31)32(37)29(40-20-25-15-9-4-10-16-25)28(39-19-24-13-7-3-8-14-24)26(41-32)21-38-18-23-11-5-2-6-12-23/h2-17,22,26,28-29,37H,18-21H2,1H3. The maximum Gasteiger partial charge on any atom is 0.242 e. The first-order chi connectivity index (χ1) is 20.7. The van der Waals surface area contributed by atoms with Gasteiger partial charge in [-0.15, -0.1) is 11.8 Å². The van der Waals surface area contributed by atoms with Crippen LogP contribution in [0.1, 0.15) is 22.4 Å². The van der Waals surface area contributed by atoms with Gasteiger partial charge in [-0.05, 0) is 22.9 Å². The molecule has 3 heterocycles. The number of fused-ring (bicyclic) bond motifs is 1. The van der Waals surface area contributed by atoms with Crippen molar-refractivity contribution in [2.75, 3.05) is 12.9 Å². The zero-order valence-corrected chi connectivity index (χ0v) is 24.0. The van der Waals surface area contributed by atoms with E-state index < -0.39 is 24.1 Å². The van der Waals surface area contributed by atoms with Crippen molar-refractivity contribution >= 4 is 17.4 Å². The molecule has 4 unspecified atom stereocenters. The lowest BCUT2D eigenvalue weighted by Gasteiger charge is -2.30. The topological polar surface area (TPSA) is 100 Å². The van der Waals surface area contributed by atoms with E-state index in [0.717, 1.165) is 16.7 Å². The number of hydrogen-bond donors (Lipinski definition) is 1. The molecule has 6 rings (SSSR count). The number of aliphatic hydroxyl groups is 1. The Kier molecular flexibility index (Phi) is 8.90. The van der Waals surface area contributed by atoms with Crippen LogP contribution in [0.15, 0.2) is 109 Å². The number of aromatic nitrogens is 4. The molecule has 1 saturated heterocycles. The zero-order valence-electron chi connectivity index (χ0n) is 23.2. The van der Waals surface area contributed by atoms with E-state index >= 15 is 0 Å². The van der Waals surface area contributed by atoms with Crippen LogP contribution in [-0.2, 0) is 44.6 Å². The lowest BCUT2D eigenvalue weighted by Crippen LogP contribution is -2.45. The van der Waals surface area contributed by atoms with Gasteiger partial charge in [0, 0.05) is 0 Å². The number of imidazole rings is 1. The Morgan fingerprint density at radius 1 is 0.833 bits per heavy atom. The third kappa shape index (κ3) is 6.10. The Morgan fingerprint density at radius 2 is 1.43 bits per heavy atom. The van der Waals surface area contributed by atoms with Crippen molar-refractivity contribution in [3.8, 4) is 0 Å². The second-order valence-corrected chi connectivity index (χ2v) is 10.8. The third-order valence-electron chi connectivity index (χ3n) is 7.16. The van der Waals surface area contributed by atoms with Gasteiger partial charge in [-0.25, -0.2) is 14.5 Å². The van der Waals surface area contributed by atoms with E-state index in [-0.39, 0.29) is 13.2 Å². The van der Waals surface area contributed by atoms with Crippen molar-refractivity contribution < 1.29 is 24.1 Å². The summed E-state index contributed by atoms with van der Waals surface area (Å²) < 4.78 is 27.1. The molecule has 9 nitrogen and oxygen atoms in total. The van der Waals surface area contributed by atoms with E-state index in [4.69, 9.17) is 18.9 Å². The van der Waals surface area contributed by atoms with Gasteiger partial charge in [0.05, 0.1) is 32.6 Å². The molecule has 1 aliphatic rings. The minimum Gasteiger partial charge on any atom is -0.374 e. The van der Waals surface area contributed by atoms with Crippen molar-refractivity contribution in [3.63, 3.8) is 0 Å². The summed E-state index contributed by atoms with van der Waals surface area (Å²) in [6.07, 6.45) is 2.64. The Bertz CT molecular complexity index is 1570. The van der Waals surface area contributed by atoms with Crippen molar-refractivity contribution in [2.45, 2.75) is 48.9 Å². The van der Waals surface area contributed by atoms with Crippen molar-refractivity contribution in [1.29, 1.82) is 0 Å². The summed E-state index contributed by atoms with van der Waals surface area (Å²) in [6.45, 7) is 1.10. The molecule has 0 bridgehead atoms. The first-order valence-corrected chi connectivity index (χ1v) is 14.9. The highest BCUT2D eigenvalue weighted by Crippen LogP contribution is 2.42. The molecule has 0 radical (unpaired) electrons. The van der Waals surface area contributed by atoms with Crippen LogP contribution >= 0.6 is 11.8 Å². The van der Waals surface area contributed by atoms with Gasteiger partial charge in [0.25, 0.3) is 0 Å². The number of thioether (sulfide) groups is 1. The summed E-state index contributed by atoms with van der Waals surface area (Å²) in [5, 5.41) is 17.5. The predicted molar refractivity (Wildman–Crippen MR) is 157 cm³/mol. The van der Waals surface area contributed by atoms with Gasteiger partial charge < -0.3 is 24.1 Å². The first kappa shape index (κ1) is 28.5. The molecule has 42 heavy (non-hydrogen) atoms. The minimum absolute atomic E-state index is 0.170. The minimum atomic E-state index is -1.94. The summed E-state index contributed by atoms with van der Waals surface area (Å²) in [5.74, 6) is -1.94. The van der Waals surface area contributed by atoms with Gasteiger partial charge in [-0.2, -0.15) is 5.10 Å². The maximum atomic E-state index is 12.4. The summed E-state index contributed by atoms with van der Waals surface area (Å²) >= 11 is 1.44. The average Bonchev–Trinajstić information content (AvgIpc) is 3.60. The number of rotatable bonds is 12. The summed E-state index contributed by atoms with van der Waals surface area (Å²) in [7, 11) is 0. The fourth-order valence-electron chi connectivity index (χ4n) is 5.10. The lowest BCUT2D eigenvalue weighted by atomic mass is 10.0. The highest BCUT2D eigenvalue weighted by atomic mass is 32.2. The number of hydrogen-bond acceptors (Lipinski definition) is 9. The third-order valence-corrected chi connectivity index (χ3v) is 7.84. The van der Waals surface area contributed by atoms with Crippen LogP contribution in [0.3, 0.4) is 0 Å². The molecular weight excluding hydrogens is 552 g/mol. The molecule has 216 valence electrons. The molecule has 0 aliphatic carbocycles. The summed E-state index contributed by atoms with van der Waals surface area (Å²) in [5.41, 5.74) is 3.82. The predicted octanol–water partition coefficient (Wildman–Crippen LogP) is 4.78. The van der Waals surface area contributed by atoms with Crippen LogP contribution in [-0.4, -0.2) is 55.9 Å². The number of benzene rings is 3. The fourth-order valence-corrected chi connectivity index (χ4v) is 5.57. The van der Waals surface area contributed by atoms with Gasteiger partial charge in [0.15, 0.2) is 5.65 Å². The van der Waals surface area contributed by atoms with Gasteiger partial charge in [-0.1, -0.05) is 91.0 Å². The Morgan fingerprint density at radius 3 is 2.05 bits per heavy atom. The van der Waals surface area contributed by atoms with E-state index in [1.807, 2.05) is 97.3 Å². The molecule has 2 aromatic heterocycles. The van der Waals surface area contributed by atoms with E-state index in [0.29, 0.717) is 29.6 Å². The van der Waals surface area contributed by atoms with Gasteiger partial charge in [-0.3, -0.25) is 0 Å². The van der Waals surface area contributed by atoms with Crippen molar-refractivity contribution in [3.05, 3.63) is 126 Å². The SMILES string of the molecule is CSc1ncnn2c(C3(O)OC(COCc4ccccc4)C(OCc4ccccc4)C3OCc3ccccc3)cnc12. The molecule has 0 spiro atoms. The highest BCUT2D eigenvalue weighted by Gasteiger charge is 2.59. The van der Waals surface area contributed by atoms with Crippen LogP contribution in [0.25, 0.3) is 5.65 Å². The molecule has 3 aromatic carbocycles. The smallest absolute Gasteiger partial charge is 0.242 e.